The largest absolute Gasteiger partial charge is 0.496 e. The van der Waals surface area contributed by atoms with Crippen molar-refractivity contribution < 1.29 is 4.74 Å². The predicted octanol–water partition coefficient (Wildman–Crippen LogP) is 5.07. The molecule has 0 saturated carbocycles. The van der Waals surface area contributed by atoms with Crippen molar-refractivity contribution in [2.75, 3.05) is 14.2 Å². The van der Waals surface area contributed by atoms with E-state index < -0.39 is 0 Å². The van der Waals surface area contributed by atoms with Gasteiger partial charge in [-0.15, -0.1) is 0 Å². The zero-order chi connectivity index (χ0) is 15.3. The highest BCUT2D eigenvalue weighted by Gasteiger charge is 2.21. The molecular formula is C17H28ClNO. The lowest BCUT2D eigenvalue weighted by Crippen LogP contribution is -2.22. The summed E-state index contributed by atoms with van der Waals surface area (Å²) in [6, 6.07) is 6.08. The molecule has 0 bridgehead atoms. The molecule has 0 amide bonds. The maximum absolute atomic E-state index is 6.13. The second kappa shape index (κ2) is 7.33. The smallest absolute Gasteiger partial charge is 0.123 e. The Hall–Kier alpha value is -0.730. The van der Waals surface area contributed by atoms with Crippen molar-refractivity contribution in [3.8, 4) is 5.75 Å². The van der Waals surface area contributed by atoms with E-state index in [0.717, 1.165) is 22.8 Å². The van der Waals surface area contributed by atoms with Gasteiger partial charge in [-0.1, -0.05) is 39.3 Å². The molecule has 1 aromatic rings. The summed E-state index contributed by atoms with van der Waals surface area (Å²) in [7, 11) is 3.70. The second-order valence-corrected chi connectivity index (χ2v) is 7.27. The second-order valence-electron chi connectivity index (χ2n) is 6.83. The molecule has 0 radical (unpaired) electrons. The molecule has 114 valence electrons. The lowest BCUT2D eigenvalue weighted by Gasteiger charge is -2.27. The van der Waals surface area contributed by atoms with Crippen molar-refractivity contribution in [2.45, 2.75) is 46.6 Å². The first-order valence-electron chi connectivity index (χ1n) is 7.27. The van der Waals surface area contributed by atoms with Crippen LogP contribution in [0.15, 0.2) is 18.2 Å². The number of benzene rings is 1. The number of halogens is 1. The summed E-state index contributed by atoms with van der Waals surface area (Å²) in [5.41, 5.74) is 1.50. The van der Waals surface area contributed by atoms with E-state index in [1.165, 1.54) is 6.42 Å². The highest BCUT2D eigenvalue weighted by molar-refractivity contribution is 6.30. The van der Waals surface area contributed by atoms with Crippen molar-refractivity contribution in [2.24, 2.45) is 11.3 Å². The van der Waals surface area contributed by atoms with E-state index in [-0.39, 0.29) is 6.04 Å². The van der Waals surface area contributed by atoms with Crippen LogP contribution >= 0.6 is 11.6 Å². The third-order valence-electron chi connectivity index (χ3n) is 3.51. The van der Waals surface area contributed by atoms with Crippen LogP contribution < -0.4 is 10.1 Å². The summed E-state index contributed by atoms with van der Waals surface area (Å²) in [6.45, 7) is 9.18. The summed E-state index contributed by atoms with van der Waals surface area (Å²) in [6.07, 6.45) is 2.28. The summed E-state index contributed by atoms with van der Waals surface area (Å²) < 4.78 is 5.47. The van der Waals surface area contributed by atoms with Crippen LogP contribution in [0.25, 0.3) is 0 Å². The molecule has 2 unspecified atom stereocenters. The van der Waals surface area contributed by atoms with Gasteiger partial charge in [0.1, 0.15) is 5.75 Å². The zero-order valence-corrected chi connectivity index (χ0v) is 14.3. The van der Waals surface area contributed by atoms with Gasteiger partial charge in [0.2, 0.25) is 0 Å². The molecule has 0 aliphatic rings. The van der Waals surface area contributed by atoms with Crippen LogP contribution in [0.1, 0.15) is 52.1 Å². The third-order valence-corrected chi connectivity index (χ3v) is 3.75. The Balaban J connectivity index is 2.88. The van der Waals surface area contributed by atoms with Gasteiger partial charge < -0.3 is 10.1 Å². The topological polar surface area (TPSA) is 21.3 Å². The standard InChI is InChI=1S/C17H28ClNO/c1-12(11-17(2,3)4)9-15(19-5)14-10-13(18)7-8-16(14)20-6/h7-8,10,12,15,19H,9,11H2,1-6H3. The van der Waals surface area contributed by atoms with E-state index >= 15 is 0 Å². The van der Waals surface area contributed by atoms with Gasteiger partial charge >= 0.3 is 0 Å². The molecular weight excluding hydrogens is 270 g/mol. The molecule has 0 saturated heterocycles. The highest BCUT2D eigenvalue weighted by Crippen LogP contribution is 2.34. The van der Waals surface area contributed by atoms with Gasteiger partial charge in [-0.05, 0) is 49.4 Å². The first-order valence-corrected chi connectivity index (χ1v) is 7.65. The van der Waals surface area contributed by atoms with Crippen LogP contribution in [0.3, 0.4) is 0 Å². The van der Waals surface area contributed by atoms with Crippen LogP contribution in [0.2, 0.25) is 5.02 Å². The first kappa shape index (κ1) is 17.3. The van der Waals surface area contributed by atoms with E-state index in [1.54, 1.807) is 7.11 Å². The molecule has 0 fully saturated rings. The Morgan fingerprint density at radius 2 is 1.95 bits per heavy atom. The van der Waals surface area contributed by atoms with Gasteiger partial charge in [-0.3, -0.25) is 0 Å². The van der Waals surface area contributed by atoms with Gasteiger partial charge in [-0.2, -0.15) is 0 Å². The van der Waals surface area contributed by atoms with Crippen LogP contribution in [0, 0.1) is 11.3 Å². The summed E-state index contributed by atoms with van der Waals surface area (Å²) in [5.74, 6) is 1.54. The third kappa shape index (κ3) is 5.34. The highest BCUT2D eigenvalue weighted by atomic mass is 35.5. The molecule has 3 heteroatoms. The minimum Gasteiger partial charge on any atom is -0.496 e. The van der Waals surface area contributed by atoms with E-state index in [0.29, 0.717) is 11.3 Å². The minimum atomic E-state index is 0.265. The molecule has 0 heterocycles. The summed E-state index contributed by atoms with van der Waals surface area (Å²) in [5, 5.41) is 4.15. The number of hydrogen-bond acceptors (Lipinski definition) is 2. The predicted molar refractivity (Wildman–Crippen MR) is 87.7 cm³/mol. The fraction of sp³-hybridized carbons (Fsp3) is 0.647. The van der Waals surface area contributed by atoms with Gasteiger partial charge in [0.25, 0.3) is 0 Å². The Labute approximate surface area is 128 Å². The average molecular weight is 298 g/mol. The monoisotopic (exact) mass is 297 g/mol. The molecule has 1 rings (SSSR count). The Bertz CT molecular complexity index is 425. The molecule has 20 heavy (non-hydrogen) atoms. The number of hydrogen-bond donors (Lipinski definition) is 1. The normalized spacial score (nSPS) is 14.9. The Morgan fingerprint density at radius 1 is 1.30 bits per heavy atom. The molecule has 0 aliphatic heterocycles. The molecule has 1 aromatic carbocycles. The Morgan fingerprint density at radius 3 is 2.45 bits per heavy atom. The van der Waals surface area contributed by atoms with Crippen LogP contribution in [0.4, 0.5) is 0 Å². The van der Waals surface area contributed by atoms with E-state index in [1.807, 2.05) is 25.2 Å². The van der Waals surface area contributed by atoms with Crippen LogP contribution in [0.5, 0.6) is 5.75 Å². The van der Waals surface area contributed by atoms with E-state index in [4.69, 9.17) is 16.3 Å². The summed E-state index contributed by atoms with van der Waals surface area (Å²) in [4.78, 5) is 0. The molecule has 2 atom stereocenters. The SMILES string of the molecule is CNC(CC(C)CC(C)(C)C)c1cc(Cl)ccc1OC. The number of rotatable bonds is 6. The average Bonchev–Trinajstić information content (AvgIpc) is 2.33. The number of nitrogens with one attached hydrogen (secondary N) is 1. The van der Waals surface area contributed by atoms with Crippen LogP contribution in [-0.4, -0.2) is 14.2 Å². The maximum Gasteiger partial charge on any atom is 0.123 e. The molecule has 1 N–H and O–H groups in total. The molecule has 0 aliphatic carbocycles. The van der Waals surface area contributed by atoms with Crippen molar-refractivity contribution >= 4 is 11.6 Å². The van der Waals surface area contributed by atoms with Crippen molar-refractivity contribution in [1.29, 1.82) is 0 Å². The van der Waals surface area contributed by atoms with Gasteiger partial charge in [0.15, 0.2) is 0 Å². The van der Waals surface area contributed by atoms with Gasteiger partial charge in [0, 0.05) is 16.6 Å². The number of methoxy groups -OCH3 is 1. The molecule has 2 nitrogen and oxygen atoms in total. The fourth-order valence-electron chi connectivity index (χ4n) is 2.91. The van der Waals surface area contributed by atoms with E-state index in [2.05, 4.69) is 33.0 Å². The van der Waals surface area contributed by atoms with Gasteiger partial charge in [0.05, 0.1) is 7.11 Å². The van der Waals surface area contributed by atoms with Crippen LogP contribution in [-0.2, 0) is 0 Å². The minimum absolute atomic E-state index is 0.265. The summed E-state index contributed by atoms with van der Waals surface area (Å²) >= 11 is 6.13. The zero-order valence-electron chi connectivity index (χ0n) is 13.6. The number of ether oxygens (including phenoxy) is 1. The lowest BCUT2D eigenvalue weighted by atomic mass is 9.82. The fourth-order valence-corrected chi connectivity index (χ4v) is 3.09. The maximum atomic E-state index is 6.13. The van der Waals surface area contributed by atoms with Crippen molar-refractivity contribution in [1.82, 2.24) is 5.32 Å². The van der Waals surface area contributed by atoms with E-state index in [9.17, 15) is 0 Å². The molecule has 0 spiro atoms. The van der Waals surface area contributed by atoms with Crippen molar-refractivity contribution in [3.63, 3.8) is 0 Å². The molecule has 0 aromatic heterocycles. The Kier molecular flexibility index (Phi) is 6.35. The van der Waals surface area contributed by atoms with Gasteiger partial charge in [-0.25, -0.2) is 0 Å². The lowest BCUT2D eigenvalue weighted by molar-refractivity contribution is 0.277. The first-order chi connectivity index (χ1) is 9.26. The van der Waals surface area contributed by atoms with Crippen molar-refractivity contribution in [3.05, 3.63) is 28.8 Å². The quantitative estimate of drug-likeness (QED) is 0.791.